The molecular formula is C13H13BrClN3. The van der Waals surface area contributed by atoms with Crippen LogP contribution >= 0.6 is 27.5 Å². The monoisotopic (exact) mass is 325 g/mol. The summed E-state index contributed by atoms with van der Waals surface area (Å²) < 4.78 is 0.866. The lowest BCUT2D eigenvalue weighted by Crippen LogP contribution is -2.23. The fourth-order valence-electron chi connectivity index (χ4n) is 1.68. The fraction of sp³-hybridized carbons (Fsp3) is 0.231. The van der Waals surface area contributed by atoms with Gasteiger partial charge in [-0.2, -0.15) is 0 Å². The molecule has 0 amide bonds. The number of benzene rings is 1. The minimum Gasteiger partial charge on any atom is -0.337 e. The number of halogens is 2. The van der Waals surface area contributed by atoms with Gasteiger partial charge in [0.25, 0.3) is 0 Å². The van der Waals surface area contributed by atoms with Crippen LogP contribution < -0.4 is 4.90 Å². The summed E-state index contributed by atoms with van der Waals surface area (Å²) >= 11 is 9.52. The number of rotatable bonds is 3. The van der Waals surface area contributed by atoms with Gasteiger partial charge in [-0.1, -0.05) is 29.8 Å². The number of anilines is 1. The highest BCUT2D eigenvalue weighted by atomic mass is 79.9. The van der Waals surface area contributed by atoms with Gasteiger partial charge in [-0.15, -0.1) is 0 Å². The predicted octanol–water partition coefficient (Wildman–Crippen LogP) is 4.09. The van der Waals surface area contributed by atoms with Gasteiger partial charge < -0.3 is 4.90 Å². The summed E-state index contributed by atoms with van der Waals surface area (Å²) in [5.74, 6) is 0.672. The molecule has 2 aromatic rings. The van der Waals surface area contributed by atoms with Crippen molar-refractivity contribution in [1.82, 2.24) is 9.97 Å². The first-order valence-corrected chi connectivity index (χ1v) is 6.71. The molecule has 2 rings (SSSR count). The van der Waals surface area contributed by atoms with E-state index >= 15 is 0 Å². The second kappa shape index (κ2) is 5.67. The lowest BCUT2D eigenvalue weighted by Gasteiger charge is -2.25. The zero-order valence-electron chi connectivity index (χ0n) is 10.1. The molecule has 3 nitrogen and oxygen atoms in total. The molecule has 1 aromatic carbocycles. The molecule has 18 heavy (non-hydrogen) atoms. The molecule has 1 aromatic heterocycles. The van der Waals surface area contributed by atoms with Gasteiger partial charge in [0.05, 0.1) is 10.5 Å². The molecule has 0 aliphatic rings. The lowest BCUT2D eigenvalue weighted by molar-refractivity contribution is 0.715. The Morgan fingerprint density at radius 2 is 1.83 bits per heavy atom. The highest BCUT2D eigenvalue weighted by molar-refractivity contribution is 9.10. The standard InChI is InChI=1S/C13H13BrClN3/c1-9(11-5-3-4-6-12(11)15)18(2)13-16-7-10(14)8-17-13/h3-9H,1-2H3. The van der Waals surface area contributed by atoms with Crippen molar-refractivity contribution in [2.24, 2.45) is 0 Å². The molecule has 0 spiro atoms. The number of aromatic nitrogens is 2. The van der Waals surface area contributed by atoms with Gasteiger partial charge >= 0.3 is 0 Å². The van der Waals surface area contributed by atoms with Crippen molar-refractivity contribution in [3.05, 3.63) is 51.7 Å². The van der Waals surface area contributed by atoms with E-state index < -0.39 is 0 Å². The molecule has 0 saturated heterocycles. The predicted molar refractivity (Wildman–Crippen MR) is 78.0 cm³/mol. The minimum atomic E-state index is 0.111. The maximum Gasteiger partial charge on any atom is 0.225 e. The van der Waals surface area contributed by atoms with Gasteiger partial charge in [-0.25, -0.2) is 9.97 Å². The van der Waals surface area contributed by atoms with Crippen molar-refractivity contribution < 1.29 is 0 Å². The van der Waals surface area contributed by atoms with E-state index in [2.05, 4.69) is 32.8 Å². The van der Waals surface area contributed by atoms with Gasteiger partial charge in [0, 0.05) is 24.5 Å². The third-order valence-corrected chi connectivity index (χ3v) is 3.61. The Kier molecular flexibility index (Phi) is 4.19. The zero-order chi connectivity index (χ0) is 13.1. The van der Waals surface area contributed by atoms with Crippen molar-refractivity contribution in [3.63, 3.8) is 0 Å². The molecular weight excluding hydrogens is 314 g/mol. The Labute approximate surface area is 120 Å². The smallest absolute Gasteiger partial charge is 0.225 e. The van der Waals surface area contributed by atoms with Crippen LogP contribution in [-0.4, -0.2) is 17.0 Å². The van der Waals surface area contributed by atoms with E-state index in [1.807, 2.05) is 36.2 Å². The Bertz CT molecular complexity index is 530. The van der Waals surface area contributed by atoms with E-state index in [1.165, 1.54) is 0 Å². The molecule has 1 atom stereocenters. The molecule has 1 heterocycles. The molecule has 5 heteroatoms. The largest absolute Gasteiger partial charge is 0.337 e. The lowest BCUT2D eigenvalue weighted by atomic mass is 10.1. The van der Waals surface area contributed by atoms with Gasteiger partial charge in [0.2, 0.25) is 5.95 Å². The second-order valence-electron chi connectivity index (χ2n) is 4.01. The quantitative estimate of drug-likeness (QED) is 0.850. The Morgan fingerprint density at radius 3 is 2.44 bits per heavy atom. The summed E-state index contributed by atoms with van der Waals surface area (Å²) in [7, 11) is 1.96. The van der Waals surface area contributed by atoms with Gasteiger partial charge in [0.1, 0.15) is 0 Å². The first-order valence-electron chi connectivity index (χ1n) is 5.54. The average molecular weight is 327 g/mol. The van der Waals surface area contributed by atoms with E-state index in [0.717, 1.165) is 15.1 Å². The van der Waals surface area contributed by atoms with Crippen molar-refractivity contribution in [1.29, 1.82) is 0 Å². The van der Waals surface area contributed by atoms with E-state index in [1.54, 1.807) is 12.4 Å². The van der Waals surface area contributed by atoms with Crippen molar-refractivity contribution in [2.75, 3.05) is 11.9 Å². The zero-order valence-corrected chi connectivity index (χ0v) is 12.5. The van der Waals surface area contributed by atoms with E-state index in [0.29, 0.717) is 5.95 Å². The van der Waals surface area contributed by atoms with Gasteiger partial charge in [-0.3, -0.25) is 0 Å². The first-order chi connectivity index (χ1) is 8.59. The van der Waals surface area contributed by atoms with E-state index in [4.69, 9.17) is 11.6 Å². The highest BCUT2D eigenvalue weighted by Gasteiger charge is 2.16. The van der Waals surface area contributed by atoms with Crippen LogP contribution in [0.2, 0.25) is 5.02 Å². The minimum absolute atomic E-state index is 0.111. The molecule has 0 aliphatic carbocycles. The molecule has 0 saturated carbocycles. The summed E-state index contributed by atoms with van der Waals surface area (Å²) in [6.07, 6.45) is 3.47. The van der Waals surface area contributed by atoms with Crippen LogP contribution in [-0.2, 0) is 0 Å². The SMILES string of the molecule is CC(c1ccccc1Cl)N(C)c1ncc(Br)cn1. The number of hydrogen-bond acceptors (Lipinski definition) is 3. The maximum atomic E-state index is 6.20. The van der Waals surface area contributed by atoms with E-state index in [9.17, 15) is 0 Å². The molecule has 0 aliphatic heterocycles. The summed E-state index contributed by atoms with van der Waals surface area (Å²) in [5.41, 5.74) is 1.06. The normalized spacial score (nSPS) is 12.2. The molecule has 0 radical (unpaired) electrons. The summed E-state index contributed by atoms with van der Waals surface area (Å²) in [5, 5.41) is 0.758. The van der Waals surface area contributed by atoms with Crippen molar-refractivity contribution in [3.8, 4) is 0 Å². The third kappa shape index (κ3) is 2.82. The summed E-state index contributed by atoms with van der Waals surface area (Å²) in [6, 6.07) is 7.93. The van der Waals surface area contributed by atoms with Crippen LogP contribution in [0.3, 0.4) is 0 Å². The van der Waals surface area contributed by atoms with E-state index in [-0.39, 0.29) is 6.04 Å². The Balaban J connectivity index is 2.26. The van der Waals surface area contributed by atoms with Gasteiger partial charge in [0.15, 0.2) is 0 Å². The van der Waals surface area contributed by atoms with Crippen LogP contribution in [0.1, 0.15) is 18.5 Å². The Hall–Kier alpha value is -1.13. The average Bonchev–Trinajstić information content (AvgIpc) is 2.38. The second-order valence-corrected chi connectivity index (χ2v) is 5.33. The molecule has 1 unspecified atom stereocenters. The summed E-state index contributed by atoms with van der Waals surface area (Å²) in [6.45, 7) is 2.08. The van der Waals surface area contributed by atoms with Crippen LogP contribution in [0.5, 0.6) is 0 Å². The molecule has 0 bridgehead atoms. The maximum absolute atomic E-state index is 6.20. The topological polar surface area (TPSA) is 29.0 Å². The van der Waals surface area contributed by atoms with Crippen LogP contribution in [0.4, 0.5) is 5.95 Å². The fourth-order valence-corrected chi connectivity index (χ4v) is 2.18. The molecule has 0 fully saturated rings. The third-order valence-electron chi connectivity index (χ3n) is 2.86. The van der Waals surface area contributed by atoms with Crippen molar-refractivity contribution in [2.45, 2.75) is 13.0 Å². The number of nitrogens with zero attached hydrogens (tertiary/aromatic N) is 3. The van der Waals surface area contributed by atoms with Crippen LogP contribution in [0.25, 0.3) is 0 Å². The van der Waals surface area contributed by atoms with Gasteiger partial charge in [-0.05, 0) is 34.5 Å². The van der Waals surface area contributed by atoms with Crippen LogP contribution in [0, 0.1) is 0 Å². The first kappa shape index (κ1) is 13.3. The number of hydrogen-bond donors (Lipinski definition) is 0. The summed E-state index contributed by atoms with van der Waals surface area (Å²) in [4.78, 5) is 10.6. The highest BCUT2D eigenvalue weighted by Crippen LogP contribution is 2.28. The molecule has 0 N–H and O–H groups in total. The van der Waals surface area contributed by atoms with Crippen LogP contribution in [0.15, 0.2) is 41.1 Å². The molecule has 94 valence electrons. The van der Waals surface area contributed by atoms with Crippen molar-refractivity contribution >= 4 is 33.5 Å². The Morgan fingerprint density at radius 1 is 1.22 bits per heavy atom.